The van der Waals surface area contributed by atoms with Gasteiger partial charge in [-0.05, 0) is 51.5 Å². The molecule has 0 saturated heterocycles. The minimum Gasteiger partial charge on any atom is -0.462 e. The zero-order valence-electron chi connectivity index (χ0n) is 18.5. The monoisotopic (exact) mass is 432 g/mol. The quantitative estimate of drug-likeness (QED) is 0.332. The SMILES string of the molecule is CCOC(=O)c1c(C)oc2cc3c(C(=O)OCC)c(/C=C/c4ccc(C)cc4)oc3cc12. The lowest BCUT2D eigenvalue weighted by atomic mass is 10.1. The molecular weight excluding hydrogens is 408 g/mol. The van der Waals surface area contributed by atoms with Crippen LogP contribution in [0.1, 0.15) is 57.2 Å². The minimum absolute atomic E-state index is 0.238. The number of aryl methyl sites for hydroxylation is 2. The molecular formula is C26H24O6. The van der Waals surface area contributed by atoms with Crippen LogP contribution in [0.3, 0.4) is 0 Å². The number of carbonyl (C=O) groups excluding carboxylic acids is 2. The van der Waals surface area contributed by atoms with Crippen LogP contribution in [0, 0.1) is 13.8 Å². The Balaban J connectivity index is 1.88. The summed E-state index contributed by atoms with van der Waals surface area (Å²) in [6.07, 6.45) is 3.62. The summed E-state index contributed by atoms with van der Waals surface area (Å²) in [7, 11) is 0. The molecule has 4 rings (SSSR count). The second kappa shape index (κ2) is 8.75. The average molecular weight is 432 g/mol. The van der Waals surface area contributed by atoms with Gasteiger partial charge in [0.25, 0.3) is 0 Å². The number of hydrogen-bond acceptors (Lipinski definition) is 6. The summed E-state index contributed by atoms with van der Waals surface area (Å²) in [6, 6.07) is 11.4. The molecule has 32 heavy (non-hydrogen) atoms. The van der Waals surface area contributed by atoms with Gasteiger partial charge in [-0.25, -0.2) is 9.59 Å². The summed E-state index contributed by atoms with van der Waals surface area (Å²) in [5.41, 5.74) is 3.73. The van der Waals surface area contributed by atoms with Crippen LogP contribution < -0.4 is 0 Å². The Morgan fingerprint density at radius 3 is 2.00 bits per heavy atom. The second-order valence-corrected chi connectivity index (χ2v) is 7.40. The van der Waals surface area contributed by atoms with E-state index >= 15 is 0 Å². The Kier molecular flexibility index (Phi) is 5.86. The first-order valence-electron chi connectivity index (χ1n) is 10.5. The van der Waals surface area contributed by atoms with Gasteiger partial charge in [0.15, 0.2) is 0 Å². The van der Waals surface area contributed by atoms with Crippen molar-refractivity contribution in [2.45, 2.75) is 27.7 Å². The molecule has 0 radical (unpaired) electrons. The Labute approximate surface area is 185 Å². The van der Waals surface area contributed by atoms with Crippen molar-refractivity contribution in [2.75, 3.05) is 13.2 Å². The van der Waals surface area contributed by atoms with E-state index in [1.807, 2.05) is 37.3 Å². The van der Waals surface area contributed by atoms with Crippen molar-refractivity contribution in [2.24, 2.45) is 0 Å². The number of hydrogen-bond donors (Lipinski definition) is 0. The molecule has 2 aromatic heterocycles. The van der Waals surface area contributed by atoms with Crippen molar-refractivity contribution in [3.05, 3.63) is 70.2 Å². The maximum atomic E-state index is 12.8. The van der Waals surface area contributed by atoms with Gasteiger partial charge in [0, 0.05) is 10.8 Å². The maximum absolute atomic E-state index is 12.8. The van der Waals surface area contributed by atoms with Crippen LogP contribution >= 0.6 is 0 Å². The number of furan rings is 2. The molecule has 0 N–H and O–H groups in total. The van der Waals surface area contributed by atoms with E-state index in [2.05, 4.69) is 0 Å². The van der Waals surface area contributed by atoms with Gasteiger partial charge in [-0.15, -0.1) is 0 Å². The van der Waals surface area contributed by atoms with Gasteiger partial charge in [0.2, 0.25) is 0 Å². The highest BCUT2D eigenvalue weighted by Crippen LogP contribution is 2.35. The van der Waals surface area contributed by atoms with Crippen LogP contribution in [-0.2, 0) is 9.47 Å². The van der Waals surface area contributed by atoms with Crippen LogP contribution in [0.15, 0.2) is 45.2 Å². The summed E-state index contributed by atoms with van der Waals surface area (Å²) in [6.45, 7) is 7.72. The fraction of sp³-hybridized carbons (Fsp3) is 0.231. The van der Waals surface area contributed by atoms with Gasteiger partial charge in [0.1, 0.15) is 33.8 Å². The smallest absolute Gasteiger partial charge is 0.342 e. The summed E-state index contributed by atoms with van der Waals surface area (Å²) in [5.74, 6) is -0.118. The second-order valence-electron chi connectivity index (χ2n) is 7.40. The van der Waals surface area contributed by atoms with Gasteiger partial charge in [0.05, 0.1) is 13.2 Å². The molecule has 6 heteroatoms. The van der Waals surface area contributed by atoms with E-state index in [0.29, 0.717) is 44.6 Å². The molecule has 164 valence electrons. The molecule has 0 aliphatic rings. The molecule has 0 spiro atoms. The zero-order chi connectivity index (χ0) is 22.8. The van der Waals surface area contributed by atoms with Crippen LogP contribution in [-0.4, -0.2) is 25.2 Å². The van der Waals surface area contributed by atoms with Crippen LogP contribution in [0.5, 0.6) is 0 Å². The third kappa shape index (κ3) is 3.91. The van der Waals surface area contributed by atoms with E-state index in [1.165, 1.54) is 0 Å². The molecule has 0 amide bonds. The predicted octanol–water partition coefficient (Wildman–Crippen LogP) is 6.32. The molecule has 4 aromatic rings. The van der Waals surface area contributed by atoms with Crippen LogP contribution in [0.25, 0.3) is 34.1 Å². The first kappa shape index (κ1) is 21.4. The molecule has 2 aromatic carbocycles. The average Bonchev–Trinajstić information content (AvgIpc) is 3.27. The first-order chi connectivity index (χ1) is 15.4. The lowest BCUT2D eigenvalue weighted by Crippen LogP contribution is -2.05. The summed E-state index contributed by atoms with van der Waals surface area (Å²) in [4.78, 5) is 25.2. The van der Waals surface area contributed by atoms with Gasteiger partial charge in [-0.1, -0.05) is 35.9 Å². The number of rotatable bonds is 6. The van der Waals surface area contributed by atoms with Crippen molar-refractivity contribution in [1.82, 2.24) is 0 Å². The Bertz CT molecular complexity index is 1330. The number of carbonyl (C=O) groups is 2. The first-order valence-corrected chi connectivity index (χ1v) is 10.5. The molecule has 0 fully saturated rings. The Hall–Kier alpha value is -3.80. The zero-order valence-corrected chi connectivity index (χ0v) is 18.5. The predicted molar refractivity (Wildman–Crippen MR) is 123 cm³/mol. The van der Waals surface area contributed by atoms with Crippen LogP contribution in [0.2, 0.25) is 0 Å². The van der Waals surface area contributed by atoms with E-state index in [-0.39, 0.29) is 13.2 Å². The molecule has 0 saturated carbocycles. The minimum atomic E-state index is -0.483. The molecule has 6 nitrogen and oxygen atoms in total. The lowest BCUT2D eigenvalue weighted by Gasteiger charge is -2.01. The largest absolute Gasteiger partial charge is 0.462 e. The molecule has 0 aliphatic heterocycles. The van der Waals surface area contributed by atoms with E-state index < -0.39 is 11.9 Å². The highest BCUT2D eigenvalue weighted by atomic mass is 16.5. The summed E-state index contributed by atoms with van der Waals surface area (Å²) >= 11 is 0. The van der Waals surface area contributed by atoms with Crippen molar-refractivity contribution < 1.29 is 27.9 Å². The van der Waals surface area contributed by atoms with Gasteiger partial charge in [-0.3, -0.25) is 0 Å². The van der Waals surface area contributed by atoms with Crippen LogP contribution in [0.4, 0.5) is 0 Å². The number of benzene rings is 2. The Morgan fingerprint density at radius 2 is 1.38 bits per heavy atom. The molecule has 2 heterocycles. The van der Waals surface area contributed by atoms with Gasteiger partial charge < -0.3 is 18.3 Å². The number of fused-ring (bicyclic) bond motifs is 2. The number of esters is 2. The van der Waals surface area contributed by atoms with Crippen molar-refractivity contribution in [1.29, 1.82) is 0 Å². The van der Waals surface area contributed by atoms with E-state index in [9.17, 15) is 9.59 Å². The summed E-state index contributed by atoms with van der Waals surface area (Å²) in [5, 5.41) is 1.13. The Morgan fingerprint density at radius 1 is 0.812 bits per heavy atom. The highest BCUT2D eigenvalue weighted by Gasteiger charge is 2.25. The summed E-state index contributed by atoms with van der Waals surface area (Å²) < 4.78 is 22.3. The van der Waals surface area contributed by atoms with Crippen molar-refractivity contribution in [3.63, 3.8) is 0 Å². The van der Waals surface area contributed by atoms with Gasteiger partial charge in [-0.2, -0.15) is 0 Å². The van der Waals surface area contributed by atoms with E-state index in [0.717, 1.165) is 11.1 Å². The van der Waals surface area contributed by atoms with Crippen molar-refractivity contribution in [3.8, 4) is 0 Å². The van der Waals surface area contributed by atoms with E-state index in [1.54, 1.807) is 39.0 Å². The normalized spacial score (nSPS) is 11.5. The third-order valence-electron chi connectivity index (χ3n) is 5.17. The lowest BCUT2D eigenvalue weighted by molar-refractivity contribution is 0.0517. The fourth-order valence-corrected chi connectivity index (χ4v) is 3.66. The maximum Gasteiger partial charge on any atom is 0.342 e. The molecule has 0 aliphatic carbocycles. The highest BCUT2D eigenvalue weighted by molar-refractivity contribution is 6.13. The standard InChI is InChI=1S/C26H24O6/c1-5-29-25(27)23-16(4)31-21-14-19-22(13-18(21)23)32-20(24(19)26(28)30-6-2)12-11-17-9-7-15(3)8-10-17/h7-14H,5-6H2,1-4H3/b12-11+. The topological polar surface area (TPSA) is 78.9 Å². The molecule has 0 unspecified atom stereocenters. The van der Waals surface area contributed by atoms with E-state index in [4.69, 9.17) is 18.3 Å². The van der Waals surface area contributed by atoms with Gasteiger partial charge >= 0.3 is 11.9 Å². The fourth-order valence-electron chi connectivity index (χ4n) is 3.66. The number of ether oxygens (including phenoxy) is 2. The van der Waals surface area contributed by atoms with Crippen molar-refractivity contribution >= 4 is 46.0 Å². The third-order valence-corrected chi connectivity index (χ3v) is 5.17. The molecule has 0 bridgehead atoms. The molecule has 0 atom stereocenters.